The standard InChI is InChI=1S/C15H18N4O3/c1-3-6-19-13(17-9-18-19)8-16-14(20)12-5-4-11(15(21)22)7-10(12)2/h4-5,7,9H,3,6,8H2,1-2H3,(H,16,20)(H,21,22). The molecule has 0 aliphatic heterocycles. The van der Waals surface area contributed by atoms with E-state index in [0.29, 0.717) is 17.0 Å². The normalized spacial score (nSPS) is 10.5. The number of rotatable bonds is 6. The molecular weight excluding hydrogens is 284 g/mol. The zero-order valence-electron chi connectivity index (χ0n) is 12.5. The minimum absolute atomic E-state index is 0.164. The molecule has 0 spiro atoms. The van der Waals surface area contributed by atoms with E-state index in [9.17, 15) is 9.59 Å². The summed E-state index contributed by atoms with van der Waals surface area (Å²) in [5.41, 5.74) is 1.23. The molecule has 2 N–H and O–H groups in total. The van der Waals surface area contributed by atoms with Gasteiger partial charge in [-0.15, -0.1) is 0 Å². The highest BCUT2D eigenvalue weighted by Gasteiger charge is 2.13. The first-order chi connectivity index (χ1) is 10.5. The van der Waals surface area contributed by atoms with Crippen LogP contribution < -0.4 is 5.32 Å². The average molecular weight is 302 g/mol. The molecule has 0 unspecified atom stereocenters. The Morgan fingerprint density at radius 1 is 1.36 bits per heavy atom. The number of amides is 1. The molecule has 1 aromatic carbocycles. The average Bonchev–Trinajstić information content (AvgIpc) is 2.92. The molecule has 2 rings (SSSR count). The van der Waals surface area contributed by atoms with E-state index in [1.165, 1.54) is 24.5 Å². The number of benzene rings is 1. The van der Waals surface area contributed by atoms with Gasteiger partial charge in [0.25, 0.3) is 5.91 Å². The fraction of sp³-hybridized carbons (Fsp3) is 0.333. The summed E-state index contributed by atoms with van der Waals surface area (Å²) in [5, 5.41) is 15.8. The van der Waals surface area contributed by atoms with Gasteiger partial charge in [0.1, 0.15) is 12.2 Å². The third kappa shape index (κ3) is 3.49. The summed E-state index contributed by atoms with van der Waals surface area (Å²) < 4.78 is 1.75. The van der Waals surface area contributed by atoms with Crippen LogP contribution >= 0.6 is 0 Å². The summed E-state index contributed by atoms with van der Waals surface area (Å²) in [6, 6.07) is 4.42. The van der Waals surface area contributed by atoms with Crippen molar-refractivity contribution in [2.75, 3.05) is 0 Å². The van der Waals surface area contributed by atoms with E-state index in [2.05, 4.69) is 15.4 Å². The van der Waals surface area contributed by atoms with Crippen molar-refractivity contribution in [2.45, 2.75) is 33.4 Å². The Balaban J connectivity index is 2.06. The van der Waals surface area contributed by atoms with Gasteiger partial charge in [0.05, 0.1) is 12.1 Å². The van der Waals surface area contributed by atoms with E-state index in [1.807, 2.05) is 6.92 Å². The van der Waals surface area contributed by atoms with Crippen LogP contribution in [0.1, 0.15) is 45.4 Å². The topological polar surface area (TPSA) is 97.1 Å². The van der Waals surface area contributed by atoms with Crippen LogP contribution in [0.5, 0.6) is 0 Å². The smallest absolute Gasteiger partial charge is 0.335 e. The molecule has 2 aromatic rings. The SMILES string of the molecule is CCCn1ncnc1CNC(=O)c1ccc(C(=O)O)cc1C. The highest BCUT2D eigenvalue weighted by molar-refractivity contribution is 5.97. The van der Waals surface area contributed by atoms with E-state index >= 15 is 0 Å². The Morgan fingerprint density at radius 2 is 2.14 bits per heavy atom. The number of carbonyl (C=O) groups is 2. The van der Waals surface area contributed by atoms with Crippen molar-refractivity contribution >= 4 is 11.9 Å². The number of aryl methyl sites for hydroxylation is 2. The van der Waals surface area contributed by atoms with Crippen molar-refractivity contribution in [3.63, 3.8) is 0 Å². The van der Waals surface area contributed by atoms with Gasteiger partial charge in [0.2, 0.25) is 0 Å². The lowest BCUT2D eigenvalue weighted by atomic mass is 10.0. The molecule has 0 aliphatic rings. The summed E-state index contributed by atoms with van der Waals surface area (Å²) >= 11 is 0. The Kier molecular flexibility index (Phi) is 4.88. The van der Waals surface area contributed by atoms with Gasteiger partial charge in [0.15, 0.2) is 0 Å². The van der Waals surface area contributed by atoms with Gasteiger partial charge in [0, 0.05) is 12.1 Å². The number of carbonyl (C=O) groups excluding carboxylic acids is 1. The van der Waals surface area contributed by atoms with Crippen LogP contribution in [0.4, 0.5) is 0 Å². The van der Waals surface area contributed by atoms with Gasteiger partial charge in [-0.1, -0.05) is 6.92 Å². The lowest BCUT2D eigenvalue weighted by Gasteiger charge is -2.09. The van der Waals surface area contributed by atoms with Crippen LogP contribution in [0, 0.1) is 6.92 Å². The highest BCUT2D eigenvalue weighted by atomic mass is 16.4. The minimum Gasteiger partial charge on any atom is -0.478 e. The van der Waals surface area contributed by atoms with Crippen LogP contribution in [0.15, 0.2) is 24.5 Å². The molecule has 116 valence electrons. The summed E-state index contributed by atoms with van der Waals surface area (Å²) in [4.78, 5) is 27.2. The predicted molar refractivity (Wildman–Crippen MR) is 79.6 cm³/mol. The number of hydrogen-bond donors (Lipinski definition) is 2. The molecule has 0 fully saturated rings. The van der Waals surface area contributed by atoms with Crippen LogP contribution in [0.2, 0.25) is 0 Å². The predicted octanol–water partition coefficient (Wildman–Crippen LogP) is 1.62. The summed E-state index contributed by atoms with van der Waals surface area (Å²) in [7, 11) is 0. The van der Waals surface area contributed by atoms with Crippen molar-refractivity contribution < 1.29 is 14.7 Å². The fourth-order valence-electron chi connectivity index (χ4n) is 2.13. The van der Waals surface area contributed by atoms with E-state index in [-0.39, 0.29) is 18.0 Å². The van der Waals surface area contributed by atoms with Crippen molar-refractivity contribution in [3.05, 3.63) is 47.0 Å². The Hall–Kier alpha value is -2.70. The molecular formula is C15H18N4O3. The lowest BCUT2D eigenvalue weighted by molar-refractivity contribution is 0.0696. The van der Waals surface area contributed by atoms with Gasteiger partial charge < -0.3 is 10.4 Å². The van der Waals surface area contributed by atoms with Gasteiger partial charge >= 0.3 is 5.97 Å². The Morgan fingerprint density at radius 3 is 2.77 bits per heavy atom. The maximum Gasteiger partial charge on any atom is 0.335 e. The molecule has 0 bridgehead atoms. The Labute approximate surface area is 128 Å². The molecule has 0 saturated carbocycles. The van der Waals surface area contributed by atoms with Crippen molar-refractivity contribution in [2.24, 2.45) is 0 Å². The largest absolute Gasteiger partial charge is 0.478 e. The number of aromatic nitrogens is 3. The summed E-state index contributed by atoms with van der Waals surface area (Å²) in [6.07, 6.45) is 2.39. The van der Waals surface area contributed by atoms with Gasteiger partial charge in [-0.3, -0.25) is 4.79 Å². The van der Waals surface area contributed by atoms with Crippen LogP contribution in [-0.2, 0) is 13.1 Å². The molecule has 0 atom stereocenters. The Bertz CT molecular complexity index is 694. The second kappa shape index (κ2) is 6.84. The van der Waals surface area contributed by atoms with Crippen molar-refractivity contribution in [1.82, 2.24) is 20.1 Å². The lowest BCUT2D eigenvalue weighted by Crippen LogP contribution is -2.25. The molecule has 7 heteroatoms. The van der Waals surface area contributed by atoms with E-state index in [1.54, 1.807) is 11.6 Å². The first-order valence-electron chi connectivity index (χ1n) is 7.01. The maximum absolute atomic E-state index is 12.2. The van der Waals surface area contributed by atoms with Crippen LogP contribution in [-0.4, -0.2) is 31.7 Å². The van der Waals surface area contributed by atoms with Crippen molar-refractivity contribution in [3.8, 4) is 0 Å². The maximum atomic E-state index is 12.2. The number of carboxylic acids is 1. The molecule has 1 aromatic heterocycles. The molecule has 22 heavy (non-hydrogen) atoms. The van der Waals surface area contributed by atoms with Crippen LogP contribution in [0.3, 0.4) is 0 Å². The number of carboxylic acid groups (broad SMARTS) is 1. The zero-order chi connectivity index (χ0) is 16.1. The third-order valence-electron chi connectivity index (χ3n) is 3.26. The minimum atomic E-state index is -1.01. The third-order valence-corrected chi connectivity index (χ3v) is 3.26. The first kappa shape index (κ1) is 15.7. The molecule has 1 amide bonds. The molecule has 0 aliphatic carbocycles. The number of hydrogen-bond acceptors (Lipinski definition) is 4. The summed E-state index contributed by atoms with van der Waals surface area (Å²) in [5.74, 6) is -0.585. The second-order valence-corrected chi connectivity index (χ2v) is 4.92. The van der Waals surface area contributed by atoms with Gasteiger partial charge in [-0.05, 0) is 37.1 Å². The summed E-state index contributed by atoms with van der Waals surface area (Å²) in [6.45, 7) is 4.77. The van der Waals surface area contributed by atoms with Crippen LogP contribution in [0.25, 0.3) is 0 Å². The molecule has 7 nitrogen and oxygen atoms in total. The fourth-order valence-corrected chi connectivity index (χ4v) is 2.13. The zero-order valence-corrected chi connectivity index (χ0v) is 12.5. The monoisotopic (exact) mass is 302 g/mol. The number of nitrogens with one attached hydrogen (secondary N) is 1. The van der Waals surface area contributed by atoms with Crippen molar-refractivity contribution in [1.29, 1.82) is 0 Å². The van der Waals surface area contributed by atoms with E-state index in [4.69, 9.17) is 5.11 Å². The molecule has 0 saturated heterocycles. The quantitative estimate of drug-likeness (QED) is 0.845. The number of nitrogens with zero attached hydrogens (tertiary/aromatic N) is 3. The van der Waals surface area contributed by atoms with E-state index in [0.717, 1.165) is 13.0 Å². The molecule has 1 heterocycles. The van der Waals surface area contributed by atoms with E-state index < -0.39 is 5.97 Å². The number of aromatic carboxylic acids is 1. The second-order valence-electron chi connectivity index (χ2n) is 4.92. The molecule has 0 radical (unpaired) electrons. The van der Waals surface area contributed by atoms with Gasteiger partial charge in [-0.25, -0.2) is 14.5 Å². The van der Waals surface area contributed by atoms with Gasteiger partial charge in [-0.2, -0.15) is 5.10 Å². The first-order valence-corrected chi connectivity index (χ1v) is 7.01. The highest BCUT2D eigenvalue weighted by Crippen LogP contribution is 2.11.